The summed E-state index contributed by atoms with van der Waals surface area (Å²) in [5, 5.41) is 0. The minimum absolute atomic E-state index is 0.569. The molecular formula is C13H19N3. The molecule has 2 atom stereocenters. The Labute approximate surface area is 97.5 Å². The number of allylic oxidation sites excluding steroid dienone is 2. The largest absolute Gasteiger partial charge is 0.353 e. The predicted molar refractivity (Wildman–Crippen MR) is 67.5 cm³/mol. The van der Waals surface area contributed by atoms with E-state index in [1.165, 1.54) is 0 Å². The SMILES string of the molecule is C[C@@H]1CN(C2=CC=C=CC=N2)C[C@H](C)N1C. The van der Waals surface area contributed by atoms with Gasteiger partial charge in [-0.15, -0.1) is 5.73 Å². The van der Waals surface area contributed by atoms with Crippen molar-refractivity contribution in [2.24, 2.45) is 4.99 Å². The van der Waals surface area contributed by atoms with Crippen LogP contribution in [0.3, 0.4) is 0 Å². The highest BCUT2D eigenvalue weighted by Crippen LogP contribution is 2.18. The maximum absolute atomic E-state index is 4.43. The summed E-state index contributed by atoms with van der Waals surface area (Å²) in [4.78, 5) is 9.21. The number of likely N-dealkylation sites (N-methyl/N-ethyl adjacent to an activating group) is 1. The minimum Gasteiger partial charge on any atom is -0.353 e. The molecule has 16 heavy (non-hydrogen) atoms. The number of rotatable bonds is 1. The van der Waals surface area contributed by atoms with E-state index in [9.17, 15) is 0 Å². The van der Waals surface area contributed by atoms with E-state index >= 15 is 0 Å². The van der Waals surface area contributed by atoms with Gasteiger partial charge in [-0.2, -0.15) is 0 Å². The van der Waals surface area contributed by atoms with E-state index in [1.807, 2.05) is 24.4 Å². The molecule has 3 nitrogen and oxygen atoms in total. The van der Waals surface area contributed by atoms with Gasteiger partial charge in [-0.3, -0.25) is 4.90 Å². The van der Waals surface area contributed by atoms with Crippen LogP contribution in [0.1, 0.15) is 13.8 Å². The second-order valence-corrected chi connectivity index (χ2v) is 4.57. The van der Waals surface area contributed by atoms with Crippen molar-refractivity contribution in [1.82, 2.24) is 9.80 Å². The predicted octanol–water partition coefficient (Wildman–Crippen LogP) is 1.65. The van der Waals surface area contributed by atoms with Gasteiger partial charge in [0.15, 0.2) is 0 Å². The zero-order valence-electron chi connectivity index (χ0n) is 10.2. The number of aliphatic imine (C=N–C) groups is 1. The van der Waals surface area contributed by atoms with Gasteiger partial charge in [0.05, 0.1) is 0 Å². The highest BCUT2D eigenvalue weighted by molar-refractivity contribution is 5.72. The molecule has 2 heterocycles. The molecule has 0 amide bonds. The van der Waals surface area contributed by atoms with Crippen LogP contribution in [0, 0.1) is 0 Å². The minimum atomic E-state index is 0.569. The van der Waals surface area contributed by atoms with Crippen molar-refractivity contribution < 1.29 is 0 Å². The van der Waals surface area contributed by atoms with Crippen LogP contribution >= 0.6 is 0 Å². The standard InChI is InChI=1S/C13H19N3/c1-11-9-16(10-12(2)15(11)3)13-7-5-4-6-8-14-13/h5-8,11-12H,9-10H2,1-3H3/t11-,12+. The van der Waals surface area contributed by atoms with Crippen molar-refractivity contribution in [2.45, 2.75) is 25.9 Å². The molecule has 0 aromatic carbocycles. The van der Waals surface area contributed by atoms with Gasteiger partial charge < -0.3 is 4.90 Å². The topological polar surface area (TPSA) is 18.8 Å². The fraction of sp³-hybridized carbons (Fsp3) is 0.538. The summed E-state index contributed by atoms with van der Waals surface area (Å²) >= 11 is 0. The van der Waals surface area contributed by atoms with E-state index in [-0.39, 0.29) is 0 Å². The Morgan fingerprint density at radius 3 is 2.62 bits per heavy atom. The van der Waals surface area contributed by atoms with E-state index in [4.69, 9.17) is 0 Å². The molecule has 0 aliphatic carbocycles. The molecule has 2 rings (SSSR count). The Hall–Kier alpha value is -1.31. The lowest BCUT2D eigenvalue weighted by Crippen LogP contribution is -2.54. The van der Waals surface area contributed by atoms with Crippen molar-refractivity contribution in [3.63, 3.8) is 0 Å². The van der Waals surface area contributed by atoms with Gasteiger partial charge in [-0.25, -0.2) is 4.99 Å². The molecule has 0 N–H and O–H groups in total. The number of piperazine rings is 1. The molecule has 2 aliphatic heterocycles. The van der Waals surface area contributed by atoms with Gasteiger partial charge in [-0.05, 0) is 39.1 Å². The molecule has 3 heteroatoms. The van der Waals surface area contributed by atoms with Gasteiger partial charge in [0.25, 0.3) is 0 Å². The van der Waals surface area contributed by atoms with Crippen LogP contribution in [0.25, 0.3) is 0 Å². The fourth-order valence-electron chi connectivity index (χ4n) is 2.16. The Bertz CT molecular complexity index is 363. The van der Waals surface area contributed by atoms with Gasteiger partial charge in [0.2, 0.25) is 0 Å². The monoisotopic (exact) mass is 217 g/mol. The smallest absolute Gasteiger partial charge is 0.129 e. The van der Waals surface area contributed by atoms with Gasteiger partial charge in [-0.1, -0.05) is 0 Å². The molecule has 0 unspecified atom stereocenters. The molecule has 86 valence electrons. The Morgan fingerprint density at radius 2 is 1.94 bits per heavy atom. The molecule has 0 aromatic rings. The average Bonchev–Trinajstić information content (AvgIpc) is 2.53. The maximum atomic E-state index is 4.43. The Kier molecular flexibility index (Phi) is 3.28. The van der Waals surface area contributed by atoms with Crippen LogP contribution in [0.5, 0.6) is 0 Å². The summed E-state index contributed by atoms with van der Waals surface area (Å²) in [6.45, 7) is 6.60. The first-order chi connectivity index (χ1) is 7.68. The summed E-state index contributed by atoms with van der Waals surface area (Å²) < 4.78 is 0. The van der Waals surface area contributed by atoms with E-state index in [1.54, 1.807) is 0 Å². The normalized spacial score (nSPS) is 30.4. The lowest BCUT2D eigenvalue weighted by atomic mass is 10.1. The molecule has 0 radical (unpaired) electrons. The molecule has 1 saturated heterocycles. The zero-order chi connectivity index (χ0) is 11.5. The molecule has 0 saturated carbocycles. The second kappa shape index (κ2) is 4.69. The first-order valence-corrected chi connectivity index (χ1v) is 5.81. The number of hydrogen-bond acceptors (Lipinski definition) is 3. The van der Waals surface area contributed by atoms with Crippen LogP contribution in [0.4, 0.5) is 0 Å². The van der Waals surface area contributed by atoms with E-state index < -0.39 is 0 Å². The molecular weight excluding hydrogens is 198 g/mol. The second-order valence-electron chi connectivity index (χ2n) is 4.57. The lowest BCUT2D eigenvalue weighted by Gasteiger charge is -2.43. The van der Waals surface area contributed by atoms with Crippen molar-refractivity contribution in [3.8, 4) is 0 Å². The van der Waals surface area contributed by atoms with E-state index in [0.717, 1.165) is 18.9 Å². The average molecular weight is 217 g/mol. The van der Waals surface area contributed by atoms with Crippen LogP contribution in [-0.4, -0.2) is 48.2 Å². The summed E-state index contributed by atoms with van der Waals surface area (Å²) in [6.07, 6.45) is 7.61. The highest BCUT2D eigenvalue weighted by atomic mass is 15.3. The Morgan fingerprint density at radius 1 is 1.25 bits per heavy atom. The molecule has 1 fully saturated rings. The zero-order valence-corrected chi connectivity index (χ0v) is 10.2. The first-order valence-electron chi connectivity index (χ1n) is 5.81. The quantitative estimate of drug-likeness (QED) is 0.622. The maximum Gasteiger partial charge on any atom is 0.129 e. The highest BCUT2D eigenvalue weighted by Gasteiger charge is 2.27. The summed E-state index contributed by atoms with van der Waals surface area (Å²) in [5.74, 6) is 1.05. The first kappa shape index (κ1) is 11.2. The Balaban J connectivity index is 2.12. The third-order valence-electron chi connectivity index (χ3n) is 3.39. The van der Waals surface area contributed by atoms with Gasteiger partial charge >= 0.3 is 0 Å². The fourth-order valence-corrected chi connectivity index (χ4v) is 2.16. The number of hydrogen-bond donors (Lipinski definition) is 0. The van der Waals surface area contributed by atoms with E-state index in [2.05, 4.69) is 41.4 Å². The molecule has 2 aliphatic rings. The van der Waals surface area contributed by atoms with Crippen molar-refractivity contribution in [1.29, 1.82) is 0 Å². The van der Waals surface area contributed by atoms with Crippen LogP contribution in [0.15, 0.2) is 34.8 Å². The summed E-state index contributed by atoms with van der Waals surface area (Å²) in [5.41, 5.74) is 3.03. The van der Waals surface area contributed by atoms with Crippen molar-refractivity contribution in [3.05, 3.63) is 29.8 Å². The third-order valence-corrected chi connectivity index (χ3v) is 3.39. The van der Waals surface area contributed by atoms with Gasteiger partial charge in [0, 0.05) is 31.4 Å². The van der Waals surface area contributed by atoms with Crippen LogP contribution < -0.4 is 0 Å². The van der Waals surface area contributed by atoms with Crippen LogP contribution in [0.2, 0.25) is 0 Å². The molecule has 0 bridgehead atoms. The number of nitrogens with zero attached hydrogens (tertiary/aromatic N) is 3. The summed E-state index contributed by atoms with van der Waals surface area (Å²) in [7, 11) is 2.19. The lowest BCUT2D eigenvalue weighted by molar-refractivity contribution is 0.0797. The van der Waals surface area contributed by atoms with Crippen molar-refractivity contribution in [2.75, 3.05) is 20.1 Å². The third kappa shape index (κ3) is 2.26. The van der Waals surface area contributed by atoms with E-state index in [0.29, 0.717) is 12.1 Å². The summed E-state index contributed by atoms with van der Waals surface area (Å²) in [6, 6.07) is 1.14. The molecule has 0 spiro atoms. The van der Waals surface area contributed by atoms with Crippen molar-refractivity contribution >= 4 is 6.21 Å². The molecule has 0 aromatic heterocycles. The van der Waals surface area contributed by atoms with Crippen LogP contribution in [-0.2, 0) is 0 Å². The van der Waals surface area contributed by atoms with Gasteiger partial charge in [0.1, 0.15) is 5.82 Å².